The van der Waals surface area contributed by atoms with Crippen molar-refractivity contribution in [1.29, 1.82) is 0 Å². The lowest BCUT2D eigenvalue weighted by Crippen LogP contribution is -2.17. The molecular formula is C14H16ClNOS. The minimum Gasteiger partial charge on any atom is -0.392 e. The topological polar surface area (TPSA) is 32.3 Å². The van der Waals surface area contributed by atoms with Gasteiger partial charge in [-0.2, -0.15) is 0 Å². The summed E-state index contributed by atoms with van der Waals surface area (Å²) >= 11 is 7.53. The minimum atomic E-state index is 0.0872. The second-order valence-corrected chi connectivity index (χ2v) is 5.97. The van der Waals surface area contributed by atoms with Crippen LogP contribution < -0.4 is 5.32 Å². The van der Waals surface area contributed by atoms with Gasteiger partial charge in [-0.3, -0.25) is 0 Å². The van der Waals surface area contributed by atoms with Crippen molar-refractivity contribution < 1.29 is 5.11 Å². The molecule has 4 heteroatoms. The molecule has 0 saturated heterocycles. The van der Waals surface area contributed by atoms with Gasteiger partial charge >= 0.3 is 0 Å². The van der Waals surface area contributed by atoms with Crippen LogP contribution in [0.4, 0.5) is 0 Å². The lowest BCUT2D eigenvalue weighted by Gasteiger charge is -2.12. The van der Waals surface area contributed by atoms with Crippen LogP contribution in [-0.4, -0.2) is 5.11 Å². The minimum absolute atomic E-state index is 0.0872. The van der Waals surface area contributed by atoms with Crippen LogP contribution in [0.5, 0.6) is 0 Å². The lowest BCUT2D eigenvalue weighted by molar-refractivity contribution is 0.281. The van der Waals surface area contributed by atoms with Crippen molar-refractivity contribution in [1.82, 2.24) is 5.32 Å². The molecule has 1 aromatic heterocycles. The Hall–Kier alpha value is -0.870. The molecule has 1 heterocycles. The number of hydrogen-bond acceptors (Lipinski definition) is 3. The molecule has 0 amide bonds. The number of benzene rings is 1. The first kappa shape index (κ1) is 13.6. The van der Waals surface area contributed by atoms with Crippen LogP contribution in [0, 0.1) is 0 Å². The number of aliphatic hydroxyl groups excluding tert-OH is 1. The van der Waals surface area contributed by atoms with E-state index in [-0.39, 0.29) is 12.6 Å². The van der Waals surface area contributed by atoms with E-state index in [4.69, 9.17) is 16.7 Å². The number of thiophene rings is 1. The first-order chi connectivity index (χ1) is 8.69. The second-order valence-electron chi connectivity index (χ2n) is 4.22. The Morgan fingerprint density at radius 2 is 2.06 bits per heavy atom. The molecule has 1 unspecified atom stereocenters. The number of hydrogen-bond donors (Lipinski definition) is 2. The van der Waals surface area contributed by atoms with E-state index in [0.29, 0.717) is 0 Å². The van der Waals surface area contributed by atoms with E-state index >= 15 is 0 Å². The van der Waals surface area contributed by atoms with Gasteiger partial charge in [0.15, 0.2) is 0 Å². The molecule has 2 nitrogen and oxygen atoms in total. The third-order valence-corrected chi connectivity index (χ3v) is 4.22. The third kappa shape index (κ3) is 3.56. The molecule has 0 fully saturated rings. The average Bonchev–Trinajstić information content (AvgIpc) is 2.83. The zero-order chi connectivity index (χ0) is 13.0. The van der Waals surface area contributed by atoms with E-state index < -0.39 is 0 Å². The lowest BCUT2D eigenvalue weighted by atomic mass is 10.1. The van der Waals surface area contributed by atoms with Crippen molar-refractivity contribution in [2.24, 2.45) is 0 Å². The van der Waals surface area contributed by atoms with Crippen LogP contribution in [0.1, 0.15) is 29.0 Å². The fourth-order valence-electron chi connectivity index (χ4n) is 1.77. The van der Waals surface area contributed by atoms with Crippen LogP contribution >= 0.6 is 22.9 Å². The summed E-state index contributed by atoms with van der Waals surface area (Å²) in [6, 6.07) is 12.2. The predicted octanol–water partition coefficient (Wildman–Crippen LogP) is 3.74. The van der Waals surface area contributed by atoms with E-state index in [1.165, 1.54) is 10.4 Å². The average molecular weight is 282 g/mol. The first-order valence-corrected chi connectivity index (χ1v) is 7.06. The van der Waals surface area contributed by atoms with Gasteiger partial charge in [0.2, 0.25) is 0 Å². The Morgan fingerprint density at radius 1 is 1.28 bits per heavy atom. The maximum atomic E-state index is 9.09. The summed E-state index contributed by atoms with van der Waals surface area (Å²) in [5.41, 5.74) is 2.12. The largest absolute Gasteiger partial charge is 0.392 e. The quantitative estimate of drug-likeness (QED) is 0.875. The van der Waals surface area contributed by atoms with Gasteiger partial charge in [0.05, 0.1) is 10.9 Å². The molecule has 0 spiro atoms. The summed E-state index contributed by atoms with van der Waals surface area (Å²) in [6.07, 6.45) is 0. The summed E-state index contributed by atoms with van der Waals surface area (Å²) in [7, 11) is 0. The van der Waals surface area contributed by atoms with Gasteiger partial charge < -0.3 is 10.4 Å². The van der Waals surface area contributed by atoms with Gasteiger partial charge in [0.1, 0.15) is 0 Å². The van der Waals surface area contributed by atoms with Gasteiger partial charge in [-0.05, 0) is 30.2 Å². The normalized spacial score (nSPS) is 12.6. The summed E-state index contributed by atoms with van der Waals surface area (Å²) in [6.45, 7) is 2.99. The highest BCUT2D eigenvalue weighted by atomic mass is 35.5. The summed E-state index contributed by atoms with van der Waals surface area (Å²) in [5, 5.41) is 12.5. The molecule has 0 bridgehead atoms. The molecule has 1 aromatic carbocycles. The fourth-order valence-corrected chi connectivity index (χ4v) is 2.86. The molecule has 1 atom stereocenters. The van der Waals surface area contributed by atoms with Crippen molar-refractivity contribution in [3.05, 3.63) is 56.7 Å². The monoisotopic (exact) mass is 281 g/mol. The van der Waals surface area contributed by atoms with Crippen LogP contribution in [0.3, 0.4) is 0 Å². The van der Waals surface area contributed by atoms with E-state index in [1.807, 2.05) is 24.3 Å². The molecular weight excluding hydrogens is 266 g/mol. The molecule has 2 aromatic rings. The highest BCUT2D eigenvalue weighted by Crippen LogP contribution is 2.26. The molecule has 0 saturated carbocycles. The summed E-state index contributed by atoms with van der Waals surface area (Å²) in [5.74, 6) is 0. The first-order valence-electron chi connectivity index (χ1n) is 5.86. The van der Waals surface area contributed by atoms with Gasteiger partial charge in [-0.15, -0.1) is 11.3 Å². The van der Waals surface area contributed by atoms with Crippen molar-refractivity contribution in [3.63, 3.8) is 0 Å². The van der Waals surface area contributed by atoms with Crippen molar-refractivity contribution >= 4 is 22.9 Å². The maximum Gasteiger partial charge on any atom is 0.0931 e. The molecule has 0 radical (unpaired) electrons. The fraction of sp³-hybridized carbons (Fsp3) is 0.286. The number of rotatable bonds is 5. The Kier molecular flexibility index (Phi) is 4.78. The molecule has 0 aliphatic carbocycles. The van der Waals surface area contributed by atoms with Gasteiger partial charge in [-0.1, -0.05) is 35.9 Å². The molecule has 2 rings (SSSR count). The molecule has 18 heavy (non-hydrogen) atoms. The van der Waals surface area contributed by atoms with E-state index in [2.05, 4.69) is 24.4 Å². The van der Waals surface area contributed by atoms with Gasteiger partial charge in [0, 0.05) is 17.5 Å². The number of aliphatic hydroxyl groups is 1. The Balaban J connectivity index is 1.94. The van der Waals surface area contributed by atoms with Crippen LogP contribution in [0.15, 0.2) is 36.4 Å². The summed E-state index contributed by atoms with van der Waals surface area (Å²) in [4.78, 5) is 1.23. The van der Waals surface area contributed by atoms with Gasteiger partial charge in [0.25, 0.3) is 0 Å². The zero-order valence-corrected chi connectivity index (χ0v) is 11.8. The third-order valence-electron chi connectivity index (χ3n) is 2.81. The van der Waals surface area contributed by atoms with Crippen LogP contribution in [0.25, 0.3) is 0 Å². The van der Waals surface area contributed by atoms with E-state index in [1.54, 1.807) is 11.3 Å². The summed E-state index contributed by atoms with van der Waals surface area (Å²) < 4.78 is 0.820. The smallest absolute Gasteiger partial charge is 0.0931 e. The second kappa shape index (κ2) is 6.34. The van der Waals surface area contributed by atoms with Crippen LogP contribution in [0.2, 0.25) is 4.34 Å². The maximum absolute atomic E-state index is 9.09. The SMILES string of the molecule is CC(NCc1cccc(CO)c1)c1ccc(Cl)s1. The molecule has 0 aliphatic heterocycles. The highest BCUT2D eigenvalue weighted by Gasteiger charge is 2.07. The zero-order valence-electron chi connectivity index (χ0n) is 10.2. The van der Waals surface area contributed by atoms with Gasteiger partial charge in [-0.25, -0.2) is 0 Å². The standard InChI is InChI=1S/C14H16ClNOS/c1-10(13-5-6-14(15)18-13)16-8-11-3-2-4-12(7-11)9-17/h2-7,10,16-17H,8-9H2,1H3. The predicted molar refractivity (Wildman–Crippen MR) is 76.9 cm³/mol. The highest BCUT2D eigenvalue weighted by molar-refractivity contribution is 7.16. The molecule has 0 aliphatic rings. The van der Waals surface area contributed by atoms with Crippen molar-refractivity contribution in [2.75, 3.05) is 0 Å². The Labute approximate surface area is 116 Å². The van der Waals surface area contributed by atoms with E-state index in [0.717, 1.165) is 16.4 Å². The van der Waals surface area contributed by atoms with E-state index in [9.17, 15) is 0 Å². The Morgan fingerprint density at radius 3 is 2.72 bits per heavy atom. The molecule has 2 N–H and O–H groups in total. The van der Waals surface area contributed by atoms with Crippen molar-refractivity contribution in [3.8, 4) is 0 Å². The number of nitrogens with one attached hydrogen (secondary N) is 1. The van der Waals surface area contributed by atoms with Crippen LogP contribution in [-0.2, 0) is 13.2 Å². The molecule has 96 valence electrons. The Bertz CT molecular complexity index is 512. The van der Waals surface area contributed by atoms with Crippen molar-refractivity contribution in [2.45, 2.75) is 26.1 Å². The number of halogens is 1.